The van der Waals surface area contributed by atoms with Crippen LogP contribution in [0.5, 0.6) is 0 Å². The van der Waals surface area contributed by atoms with Gasteiger partial charge in [0.1, 0.15) is 18.3 Å². The lowest BCUT2D eigenvalue weighted by molar-refractivity contribution is -0.0252. The fraction of sp³-hybridized carbons (Fsp3) is 0.125. The van der Waals surface area contributed by atoms with Crippen molar-refractivity contribution in [2.75, 3.05) is 0 Å². The highest BCUT2D eigenvalue weighted by Gasteiger charge is 2.30. The first kappa shape index (κ1) is 28.7. The Morgan fingerprint density at radius 1 is 0.711 bits per heavy atom. The SMILES string of the molecule is NC(OC(N)C1CC=C(C2=CC(c3ccccc3)NC(c3ccccc3)=N2)C=C1c1ccccc1)c1cccc2ccccc12. The van der Waals surface area contributed by atoms with Crippen LogP contribution in [0.1, 0.15) is 40.9 Å². The topological polar surface area (TPSA) is 85.7 Å². The van der Waals surface area contributed by atoms with Crippen molar-refractivity contribution >= 4 is 22.2 Å². The first-order chi connectivity index (χ1) is 22.1. The lowest BCUT2D eigenvalue weighted by Crippen LogP contribution is -2.37. The summed E-state index contributed by atoms with van der Waals surface area (Å²) >= 11 is 0. The summed E-state index contributed by atoms with van der Waals surface area (Å²) in [6.07, 6.45) is 6.07. The highest BCUT2D eigenvalue weighted by Crippen LogP contribution is 2.39. The molecule has 0 saturated heterocycles. The quantitative estimate of drug-likeness (QED) is 0.162. The second-order valence-electron chi connectivity index (χ2n) is 11.5. The Morgan fingerprint density at radius 3 is 2.11 bits per heavy atom. The molecule has 0 aromatic heterocycles. The summed E-state index contributed by atoms with van der Waals surface area (Å²) in [5, 5.41) is 5.84. The fourth-order valence-corrected chi connectivity index (χ4v) is 6.25. The van der Waals surface area contributed by atoms with E-state index < -0.39 is 12.5 Å². The molecular weight excluding hydrogens is 552 g/mol. The van der Waals surface area contributed by atoms with E-state index in [0.717, 1.165) is 50.1 Å². The standard InChI is InChI=1S/C40H36N4O/c41-38(33-22-12-20-27-15-10-11-21-32(27)33)45-39(42)34-24-23-31(25-35(34)28-13-4-1-5-14-28)37-26-36(29-16-6-2-7-17-29)43-40(44-37)30-18-8-3-9-19-30/h1-23,25-26,34,36,38-39H,24,41-42H2,(H,43,44). The van der Waals surface area contributed by atoms with Gasteiger partial charge in [0, 0.05) is 17.0 Å². The van der Waals surface area contributed by atoms with E-state index in [1.807, 2.05) is 54.6 Å². The minimum atomic E-state index is -0.662. The second-order valence-corrected chi connectivity index (χ2v) is 11.5. The highest BCUT2D eigenvalue weighted by atomic mass is 16.5. The number of nitrogens with zero attached hydrogens (tertiary/aromatic N) is 1. The van der Waals surface area contributed by atoms with Crippen LogP contribution in [0.25, 0.3) is 16.3 Å². The number of hydrogen-bond donors (Lipinski definition) is 3. The van der Waals surface area contributed by atoms with Crippen LogP contribution in [0.4, 0.5) is 0 Å². The van der Waals surface area contributed by atoms with Crippen molar-refractivity contribution in [1.82, 2.24) is 5.32 Å². The van der Waals surface area contributed by atoms with E-state index in [-0.39, 0.29) is 12.0 Å². The van der Waals surface area contributed by atoms with Crippen LogP contribution in [-0.4, -0.2) is 12.1 Å². The van der Waals surface area contributed by atoms with Crippen LogP contribution < -0.4 is 16.8 Å². The molecule has 4 unspecified atom stereocenters. The summed E-state index contributed by atoms with van der Waals surface area (Å²) in [7, 11) is 0. The van der Waals surface area contributed by atoms with Gasteiger partial charge in [-0.15, -0.1) is 0 Å². The van der Waals surface area contributed by atoms with E-state index in [4.69, 9.17) is 21.2 Å². The van der Waals surface area contributed by atoms with E-state index in [1.54, 1.807) is 0 Å². The van der Waals surface area contributed by atoms with Gasteiger partial charge >= 0.3 is 0 Å². The van der Waals surface area contributed by atoms with Gasteiger partial charge < -0.3 is 21.5 Å². The fourth-order valence-electron chi connectivity index (χ4n) is 6.25. The summed E-state index contributed by atoms with van der Waals surface area (Å²) in [4.78, 5) is 5.14. The van der Waals surface area contributed by atoms with Gasteiger partial charge in [0.2, 0.25) is 0 Å². The largest absolute Gasteiger partial charge is 0.359 e. The number of amidine groups is 1. The van der Waals surface area contributed by atoms with Gasteiger partial charge in [-0.3, -0.25) is 0 Å². The number of nitrogens with two attached hydrogens (primary N) is 2. The molecule has 0 radical (unpaired) electrons. The Balaban J connectivity index is 1.22. The van der Waals surface area contributed by atoms with Gasteiger partial charge in [0.25, 0.3) is 0 Å². The Hall–Kier alpha value is -5.07. The molecule has 5 aromatic rings. The van der Waals surface area contributed by atoms with Gasteiger partial charge in [0.05, 0.1) is 11.7 Å². The number of allylic oxidation sites excluding steroid dienone is 2. The van der Waals surface area contributed by atoms with Gasteiger partial charge in [-0.25, -0.2) is 4.99 Å². The van der Waals surface area contributed by atoms with Crippen molar-refractivity contribution in [2.45, 2.75) is 24.9 Å². The maximum absolute atomic E-state index is 6.85. The smallest absolute Gasteiger partial charge is 0.134 e. The van der Waals surface area contributed by atoms with Crippen LogP contribution in [0.3, 0.4) is 0 Å². The van der Waals surface area contributed by atoms with Gasteiger partial charge in [-0.1, -0.05) is 140 Å². The highest BCUT2D eigenvalue weighted by molar-refractivity contribution is 6.00. The Bertz CT molecular complexity index is 1910. The van der Waals surface area contributed by atoms with E-state index >= 15 is 0 Å². The van der Waals surface area contributed by atoms with Crippen molar-refractivity contribution in [3.8, 4) is 0 Å². The average molecular weight is 589 g/mol. The van der Waals surface area contributed by atoms with E-state index in [2.05, 4.69) is 102 Å². The molecule has 222 valence electrons. The van der Waals surface area contributed by atoms with Crippen LogP contribution in [0.15, 0.2) is 168 Å². The molecule has 0 spiro atoms. The van der Waals surface area contributed by atoms with Crippen molar-refractivity contribution in [1.29, 1.82) is 0 Å². The molecule has 5 N–H and O–H groups in total. The molecule has 0 fully saturated rings. The minimum Gasteiger partial charge on any atom is -0.359 e. The van der Waals surface area contributed by atoms with Gasteiger partial charge in [0.15, 0.2) is 0 Å². The molecular formula is C40H36N4O. The molecule has 5 nitrogen and oxygen atoms in total. The molecule has 45 heavy (non-hydrogen) atoms. The lowest BCUT2D eigenvalue weighted by Gasteiger charge is -2.32. The zero-order chi connectivity index (χ0) is 30.6. The van der Waals surface area contributed by atoms with Gasteiger partial charge in [-0.2, -0.15) is 0 Å². The molecule has 5 heteroatoms. The molecule has 2 aliphatic rings. The molecule has 1 aliphatic carbocycles. The number of hydrogen-bond acceptors (Lipinski definition) is 5. The van der Waals surface area contributed by atoms with Crippen LogP contribution in [0, 0.1) is 5.92 Å². The Kier molecular flexibility index (Phi) is 8.21. The van der Waals surface area contributed by atoms with Crippen LogP contribution >= 0.6 is 0 Å². The minimum absolute atomic E-state index is 0.0228. The van der Waals surface area contributed by atoms with Crippen LogP contribution in [0.2, 0.25) is 0 Å². The first-order valence-electron chi connectivity index (χ1n) is 15.4. The predicted octanol–water partition coefficient (Wildman–Crippen LogP) is 7.80. The summed E-state index contributed by atoms with van der Waals surface area (Å²) < 4.78 is 6.40. The summed E-state index contributed by atoms with van der Waals surface area (Å²) in [6.45, 7) is 0. The van der Waals surface area contributed by atoms with E-state index in [0.29, 0.717) is 6.42 Å². The Morgan fingerprint density at radius 2 is 1.36 bits per heavy atom. The molecule has 1 heterocycles. The van der Waals surface area contributed by atoms with Crippen molar-refractivity contribution in [3.63, 3.8) is 0 Å². The molecule has 7 rings (SSSR count). The maximum atomic E-state index is 6.85. The third-order valence-electron chi connectivity index (χ3n) is 8.59. The van der Waals surface area contributed by atoms with Crippen LogP contribution in [-0.2, 0) is 4.74 Å². The first-order valence-corrected chi connectivity index (χ1v) is 15.4. The summed E-state index contributed by atoms with van der Waals surface area (Å²) in [6, 6.07) is 45.4. The molecule has 0 bridgehead atoms. The number of ether oxygens (including phenoxy) is 1. The number of benzene rings is 5. The third-order valence-corrected chi connectivity index (χ3v) is 8.59. The zero-order valence-corrected chi connectivity index (χ0v) is 25.0. The lowest BCUT2D eigenvalue weighted by atomic mass is 9.82. The molecule has 0 saturated carbocycles. The normalized spacial score (nSPS) is 19.4. The average Bonchev–Trinajstić information content (AvgIpc) is 3.12. The number of fused-ring (bicyclic) bond motifs is 1. The maximum Gasteiger partial charge on any atom is 0.134 e. The monoisotopic (exact) mass is 588 g/mol. The number of nitrogens with one attached hydrogen (secondary N) is 1. The van der Waals surface area contributed by atoms with E-state index in [1.165, 1.54) is 5.56 Å². The van der Waals surface area contributed by atoms with Crippen molar-refractivity contribution < 1.29 is 4.74 Å². The third kappa shape index (κ3) is 6.15. The molecule has 0 amide bonds. The van der Waals surface area contributed by atoms with Crippen molar-refractivity contribution in [2.24, 2.45) is 22.4 Å². The Labute approximate surface area is 264 Å². The molecule has 1 aliphatic heterocycles. The predicted molar refractivity (Wildman–Crippen MR) is 184 cm³/mol. The molecule has 5 aromatic carbocycles. The van der Waals surface area contributed by atoms with Crippen molar-refractivity contribution in [3.05, 3.63) is 185 Å². The molecule has 4 atom stereocenters. The zero-order valence-electron chi connectivity index (χ0n) is 25.0. The number of rotatable bonds is 8. The summed E-state index contributed by atoms with van der Waals surface area (Å²) in [5.74, 6) is 0.753. The summed E-state index contributed by atoms with van der Waals surface area (Å²) in [5.41, 5.74) is 20.9. The number of aliphatic imine (C=N–C) groups is 1. The van der Waals surface area contributed by atoms with E-state index in [9.17, 15) is 0 Å². The van der Waals surface area contributed by atoms with Gasteiger partial charge in [-0.05, 0) is 51.6 Å². The second kappa shape index (κ2) is 12.9.